The summed E-state index contributed by atoms with van der Waals surface area (Å²) in [6.45, 7) is 5.67. The van der Waals surface area contributed by atoms with Crippen LogP contribution in [0.2, 0.25) is 0 Å². The van der Waals surface area contributed by atoms with Gasteiger partial charge in [0.15, 0.2) is 0 Å². The van der Waals surface area contributed by atoms with Gasteiger partial charge in [0.25, 0.3) is 5.56 Å². The van der Waals surface area contributed by atoms with Gasteiger partial charge in [-0.05, 0) is 41.8 Å². The quantitative estimate of drug-likeness (QED) is 0.319. The van der Waals surface area contributed by atoms with E-state index in [1.165, 1.54) is 13.1 Å². The van der Waals surface area contributed by atoms with Crippen molar-refractivity contribution in [3.8, 4) is 11.1 Å². The first kappa shape index (κ1) is 29.6. The van der Waals surface area contributed by atoms with Gasteiger partial charge >= 0.3 is 6.03 Å². The lowest BCUT2D eigenvalue weighted by Crippen LogP contribution is -2.39. The predicted octanol–water partition coefficient (Wildman–Crippen LogP) is 4.36. The number of sulfonamides is 1. The van der Waals surface area contributed by atoms with E-state index in [1.54, 1.807) is 66.9 Å². The number of nitrogens with zero attached hydrogens (tertiary/aromatic N) is 3. The third-order valence-electron chi connectivity index (χ3n) is 6.69. The van der Waals surface area contributed by atoms with Crippen LogP contribution in [0.25, 0.3) is 22.0 Å². The molecular formula is C30H33N5O5S. The summed E-state index contributed by atoms with van der Waals surface area (Å²) in [5, 5.41) is 8.41. The molecule has 0 spiro atoms. The van der Waals surface area contributed by atoms with Gasteiger partial charge in [0, 0.05) is 30.6 Å². The van der Waals surface area contributed by atoms with Crippen molar-refractivity contribution in [1.29, 1.82) is 0 Å². The van der Waals surface area contributed by atoms with Crippen molar-refractivity contribution in [1.82, 2.24) is 14.5 Å². The minimum atomic E-state index is -3.90. The number of aromatic nitrogens is 2. The van der Waals surface area contributed by atoms with Crippen molar-refractivity contribution in [3.05, 3.63) is 88.5 Å². The molecule has 0 atom stereocenters. The van der Waals surface area contributed by atoms with E-state index in [0.29, 0.717) is 40.0 Å². The molecule has 4 rings (SSSR count). The van der Waals surface area contributed by atoms with Crippen molar-refractivity contribution in [2.24, 2.45) is 11.1 Å². The molecule has 0 unspecified atom stereocenters. The van der Waals surface area contributed by atoms with Crippen LogP contribution >= 0.6 is 0 Å². The van der Waals surface area contributed by atoms with Crippen LogP contribution in [0.5, 0.6) is 0 Å². The fourth-order valence-corrected chi connectivity index (χ4v) is 5.30. The summed E-state index contributed by atoms with van der Waals surface area (Å²) in [6.07, 6.45) is 1.37. The summed E-state index contributed by atoms with van der Waals surface area (Å²) in [6, 6.07) is 18.1. The standard InChI is InChI=1S/C30H33N5O5S/c1-5-8-27-33-25-16-15-22(32-30(38)34(4)28(36)19(2)3)17-24(25)29(37)35(27)18-20-11-13-21(14-12-20)23-9-6-7-10-26(23)41(31,39)40/h6-7,9-17,19H,5,8,18H2,1-4H3,(H,32,38)(H2,31,39,40). The van der Waals surface area contributed by atoms with Gasteiger partial charge in [0.1, 0.15) is 5.82 Å². The number of imide groups is 1. The normalized spacial score (nSPS) is 11.6. The lowest BCUT2D eigenvalue weighted by molar-refractivity contribution is -0.130. The number of rotatable bonds is 8. The van der Waals surface area contributed by atoms with E-state index in [1.807, 2.05) is 19.1 Å². The number of aryl methyl sites for hydroxylation is 1. The Labute approximate surface area is 238 Å². The number of primary sulfonamides is 1. The molecule has 0 aliphatic heterocycles. The number of fused-ring (bicyclic) bond motifs is 1. The van der Waals surface area contributed by atoms with Crippen molar-refractivity contribution < 1.29 is 18.0 Å². The maximum atomic E-state index is 13.7. The molecule has 41 heavy (non-hydrogen) atoms. The second-order valence-electron chi connectivity index (χ2n) is 10.1. The molecule has 0 saturated heterocycles. The Morgan fingerprint density at radius 1 is 1.05 bits per heavy atom. The molecule has 0 aliphatic carbocycles. The Kier molecular flexibility index (Phi) is 8.69. The third-order valence-corrected chi connectivity index (χ3v) is 7.66. The number of anilines is 1. The molecule has 0 aliphatic rings. The van der Waals surface area contributed by atoms with E-state index < -0.39 is 16.1 Å². The molecule has 3 aromatic carbocycles. The number of hydrogen-bond acceptors (Lipinski definition) is 6. The minimum absolute atomic E-state index is 0.0376. The van der Waals surface area contributed by atoms with E-state index in [0.717, 1.165) is 16.9 Å². The highest BCUT2D eigenvalue weighted by Gasteiger charge is 2.20. The maximum absolute atomic E-state index is 13.7. The van der Waals surface area contributed by atoms with Gasteiger partial charge in [-0.25, -0.2) is 23.3 Å². The van der Waals surface area contributed by atoms with Crippen LogP contribution in [0.4, 0.5) is 10.5 Å². The second-order valence-corrected chi connectivity index (χ2v) is 11.7. The van der Waals surface area contributed by atoms with Crippen molar-refractivity contribution in [2.45, 2.75) is 45.1 Å². The van der Waals surface area contributed by atoms with Crippen LogP contribution in [0.1, 0.15) is 38.6 Å². The van der Waals surface area contributed by atoms with Crippen LogP contribution < -0.4 is 16.0 Å². The molecule has 0 radical (unpaired) electrons. The minimum Gasteiger partial charge on any atom is -0.307 e. The van der Waals surface area contributed by atoms with E-state index in [-0.39, 0.29) is 28.8 Å². The predicted molar refractivity (Wildman–Crippen MR) is 159 cm³/mol. The van der Waals surface area contributed by atoms with E-state index >= 15 is 0 Å². The van der Waals surface area contributed by atoms with E-state index in [9.17, 15) is 22.8 Å². The SMILES string of the molecule is CCCc1nc2ccc(NC(=O)N(C)C(=O)C(C)C)cc2c(=O)n1Cc1ccc(-c2ccccc2S(N)(=O)=O)cc1. The van der Waals surface area contributed by atoms with E-state index in [2.05, 4.69) is 5.32 Å². The van der Waals surface area contributed by atoms with Crippen molar-refractivity contribution >= 4 is 38.6 Å². The Bertz CT molecular complexity index is 1780. The average molecular weight is 576 g/mol. The van der Waals surface area contributed by atoms with Gasteiger partial charge in [-0.3, -0.25) is 19.1 Å². The summed E-state index contributed by atoms with van der Waals surface area (Å²) in [5.74, 6) is -0.0309. The third kappa shape index (κ3) is 6.53. The van der Waals surface area contributed by atoms with Gasteiger partial charge in [0.2, 0.25) is 15.9 Å². The van der Waals surface area contributed by atoms with Gasteiger partial charge in [-0.1, -0.05) is 63.2 Å². The summed E-state index contributed by atoms with van der Waals surface area (Å²) < 4.78 is 25.7. The largest absolute Gasteiger partial charge is 0.328 e. The van der Waals surface area contributed by atoms with Crippen LogP contribution in [0.3, 0.4) is 0 Å². The molecule has 0 saturated carbocycles. The monoisotopic (exact) mass is 575 g/mol. The fraction of sp³-hybridized carbons (Fsp3) is 0.267. The molecule has 1 heterocycles. The van der Waals surface area contributed by atoms with Gasteiger partial charge in [-0.15, -0.1) is 0 Å². The highest BCUT2D eigenvalue weighted by molar-refractivity contribution is 7.89. The number of nitrogens with one attached hydrogen (secondary N) is 1. The molecule has 1 aromatic heterocycles. The van der Waals surface area contributed by atoms with Crippen LogP contribution in [-0.4, -0.2) is 41.9 Å². The first-order chi connectivity index (χ1) is 19.4. The Hall–Kier alpha value is -4.35. The topological polar surface area (TPSA) is 144 Å². The molecule has 3 amide bonds. The zero-order valence-electron chi connectivity index (χ0n) is 23.4. The second kappa shape index (κ2) is 12.0. The first-order valence-electron chi connectivity index (χ1n) is 13.2. The number of urea groups is 1. The Morgan fingerprint density at radius 3 is 2.37 bits per heavy atom. The number of hydrogen-bond donors (Lipinski definition) is 2. The molecule has 10 nitrogen and oxygen atoms in total. The number of carbonyl (C=O) groups is 2. The maximum Gasteiger partial charge on any atom is 0.328 e. The molecule has 214 valence electrons. The number of benzene rings is 3. The van der Waals surface area contributed by atoms with Gasteiger partial charge < -0.3 is 5.32 Å². The van der Waals surface area contributed by atoms with Crippen LogP contribution in [0, 0.1) is 5.92 Å². The molecule has 11 heteroatoms. The molecule has 0 fully saturated rings. The summed E-state index contributed by atoms with van der Waals surface area (Å²) in [5.41, 5.74) is 2.61. The fourth-order valence-electron chi connectivity index (χ4n) is 4.54. The Balaban J connectivity index is 1.68. The van der Waals surface area contributed by atoms with Crippen LogP contribution in [0.15, 0.2) is 76.4 Å². The van der Waals surface area contributed by atoms with E-state index in [4.69, 9.17) is 10.1 Å². The van der Waals surface area contributed by atoms with Crippen molar-refractivity contribution in [2.75, 3.05) is 12.4 Å². The Morgan fingerprint density at radius 2 is 1.73 bits per heavy atom. The number of nitrogens with two attached hydrogens (primary N) is 1. The molecular weight excluding hydrogens is 542 g/mol. The lowest BCUT2D eigenvalue weighted by atomic mass is 10.0. The summed E-state index contributed by atoms with van der Waals surface area (Å²) in [7, 11) is -2.50. The molecule has 3 N–H and O–H groups in total. The summed E-state index contributed by atoms with van der Waals surface area (Å²) in [4.78, 5) is 44.3. The first-order valence-corrected chi connectivity index (χ1v) is 14.8. The highest BCUT2D eigenvalue weighted by Crippen LogP contribution is 2.27. The van der Waals surface area contributed by atoms with Gasteiger partial charge in [0.05, 0.1) is 22.3 Å². The lowest BCUT2D eigenvalue weighted by Gasteiger charge is -2.18. The summed E-state index contributed by atoms with van der Waals surface area (Å²) >= 11 is 0. The van der Waals surface area contributed by atoms with Crippen molar-refractivity contribution in [3.63, 3.8) is 0 Å². The smallest absolute Gasteiger partial charge is 0.307 e. The van der Waals surface area contributed by atoms with Gasteiger partial charge in [-0.2, -0.15) is 0 Å². The average Bonchev–Trinajstić information content (AvgIpc) is 2.94. The zero-order chi connectivity index (χ0) is 29.9. The van der Waals surface area contributed by atoms with Crippen LogP contribution in [-0.2, 0) is 27.8 Å². The highest BCUT2D eigenvalue weighted by atomic mass is 32.2. The number of carbonyl (C=O) groups excluding carboxylic acids is 2. The molecule has 4 aromatic rings. The zero-order valence-corrected chi connectivity index (χ0v) is 24.2. The molecule has 0 bridgehead atoms. The number of amides is 3.